The van der Waals surface area contributed by atoms with Crippen molar-refractivity contribution in [2.75, 3.05) is 13.3 Å². The van der Waals surface area contributed by atoms with E-state index < -0.39 is 6.10 Å². The van der Waals surface area contributed by atoms with Gasteiger partial charge in [0, 0.05) is 5.56 Å². The van der Waals surface area contributed by atoms with Crippen LogP contribution in [0, 0.1) is 0 Å². The minimum absolute atomic E-state index is 0.224. The van der Waals surface area contributed by atoms with Crippen molar-refractivity contribution in [2.24, 2.45) is 5.73 Å². The van der Waals surface area contributed by atoms with Crippen LogP contribution in [-0.4, -0.2) is 18.4 Å². The Labute approximate surface area is 82.2 Å². The van der Waals surface area contributed by atoms with Gasteiger partial charge < -0.3 is 20.3 Å². The van der Waals surface area contributed by atoms with Gasteiger partial charge in [-0.05, 0) is 19.0 Å². The molecule has 0 radical (unpaired) electrons. The molecule has 1 aliphatic heterocycles. The van der Waals surface area contributed by atoms with E-state index in [0.717, 1.165) is 5.56 Å². The Morgan fingerprint density at radius 2 is 2.29 bits per heavy atom. The molecule has 0 bridgehead atoms. The van der Waals surface area contributed by atoms with E-state index >= 15 is 0 Å². The summed E-state index contributed by atoms with van der Waals surface area (Å²) < 4.78 is 10.5. The molecule has 0 amide bonds. The summed E-state index contributed by atoms with van der Waals surface area (Å²) >= 11 is 0. The van der Waals surface area contributed by atoms with Crippen LogP contribution in [0.25, 0.3) is 0 Å². The monoisotopic (exact) mass is 195 g/mol. The number of nitrogens with two attached hydrogens (primary N) is 1. The zero-order valence-corrected chi connectivity index (χ0v) is 7.77. The number of ether oxygens (including phenoxy) is 2. The summed E-state index contributed by atoms with van der Waals surface area (Å²) in [5, 5.41) is 9.77. The maximum atomic E-state index is 9.77. The van der Waals surface area contributed by atoms with Crippen LogP contribution in [0.15, 0.2) is 18.2 Å². The first-order valence-corrected chi connectivity index (χ1v) is 4.59. The highest BCUT2D eigenvalue weighted by Crippen LogP contribution is 2.38. The van der Waals surface area contributed by atoms with Gasteiger partial charge in [-0.2, -0.15) is 0 Å². The van der Waals surface area contributed by atoms with Crippen LogP contribution in [-0.2, 0) is 0 Å². The first kappa shape index (κ1) is 9.30. The molecule has 1 aromatic carbocycles. The lowest BCUT2D eigenvalue weighted by Gasteiger charge is -2.11. The molecule has 76 valence electrons. The van der Waals surface area contributed by atoms with Crippen molar-refractivity contribution in [3.63, 3.8) is 0 Å². The molecule has 0 spiro atoms. The Morgan fingerprint density at radius 1 is 1.43 bits per heavy atom. The Bertz CT molecular complexity index is 327. The van der Waals surface area contributed by atoms with Crippen LogP contribution in [0.5, 0.6) is 11.5 Å². The van der Waals surface area contributed by atoms with Crippen molar-refractivity contribution in [3.8, 4) is 11.5 Å². The van der Waals surface area contributed by atoms with Gasteiger partial charge >= 0.3 is 0 Å². The molecule has 1 heterocycles. The first-order valence-electron chi connectivity index (χ1n) is 4.59. The van der Waals surface area contributed by atoms with Crippen molar-refractivity contribution < 1.29 is 14.6 Å². The molecule has 0 fully saturated rings. The minimum atomic E-state index is -0.573. The topological polar surface area (TPSA) is 64.7 Å². The highest BCUT2D eigenvalue weighted by atomic mass is 16.7. The minimum Gasteiger partial charge on any atom is -0.454 e. The Kier molecular flexibility index (Phi) is 2.56. The third-order valence-corrected chi connectivity index (χ3v) is 2.23. The quantitative estimate of drug-likeness (QED) is 0.748. The van der Waals surface area contributed by atoms with Crippen LogP contribution in [0.3, 0.4) is 0 Å². The molecule has 0 saturated carbocycles. The maximum Gasteiger partial charge on any atom is 0.231 e. The number of benzene rings is 1. The summed E-state index contributed by atoms with van der Waals surface area (Å²) in [5.74, 6) is 1.34. The molecular formula is C10H13NO3. The van der Waals surface area contributed by atoms with Crippen molar-refractivity contribution in [2.45, 2.75) is 12.5 Å². The fraction of sp³-hybridized carbons (Fsp3) is 0.400. The number of aliphatic hydroxyl groups excluding tert-OH is 1. The van der Waals surface area contributed by atoms with E-state index in [0.29, 0.717) is 24.5 Å². The van der Waals surface area contributed by atoms with Gasteiger partial charge in [0.25, 0.3) is 0 Å². The first-order chi connectivity index (χ1) is 6.83. The van der Waals surface area contributed by atoms with Gasteiger partial charge in [0.15, 0.2) is 11.5 Å². The van der Waals surface area contributed by atoms with Gasteiger partial charge in [0.05, 0.1) is 6.10 Å². The van der Waals surface area contributed by atoms with Gasteiger partial charge in [-0.1, -0.05) is 12.1 Å². The van der Waals surface area contributed by atoms with E-state index in [2.05, 4.69) is 0 Å². The van der Waals surface area contributed by atoms with Crippen LogP contribution in [0.4, 0.5) is 0 Å². The van der Waals surface area contributed by atoms with Crippen LogP contribution < -0.4 is 15.2 Å². The number of hydrogen-bond donors (Lipinski definition) is 2. The fourth-order valence-electron chi connectivity index (χ4n) is 1.53. The smallest absolute Gasteiger partial charge is 0.231 e. The molecule has 4 heteroatoms. The third-order valence-electron chi connectivity index (χ3n) is 2.23. The van der Waals surface area contributed by atoms with Crippen LogP contribution in [0.2, 0.25) is 0 Å². The van der Waals surface area contributed by atoms with Gasteiger partial charge in [0.1, 0.15) is 0 Å². The lowest BCUT2D eigenvalue weighted by Crippen LogP contribution is -2.07. The summed E-state index contributed by atoms with van der Waals surface area (Å²) in [7, 11) is 0. The number of rotatable bonds is 3. The summed E-state index contributed by atoms with van der Waals surface area (Å²) in [6, 6.07) is 5.48. The molecule has 14 heavy (non-hydrogen) atoms. The lowest BCUT2D eigenvalue weighted by molar-refractivity contribution is 0.153. The van der Waals surface area contributed by atoms with Crippen molar-refractivity contribution in [1.29, 1.82) is 0 Å². The molecule has 1 atom stereocenters. The van der Waals surface area contributed by atoms with Crippen molar-refractivity contribution in [3.05, 3.63) is 23.8 Å². The normalized spacial score (nSPS) is 15.6. The fourth-order valence-corrected chi connectivity index (χ4v) is 1.53. The van der Waals surface area contributed by atoms with Crippen LogP contribution >= 0.6 is 0 Å². The second kappa shape index (κ2) is 3.86. The van der Waals surface area contributed by atoms with Gasteiger partial charge in [-0.25, -0.2) is 0 Å². The van der Waals surface area contributed by atoms with Gasteiger partial charge in [-0.15, -0.1) is 0 Å². The van der Waals surface area contributed by atoms with Gasteiger partial charge in [-0.3, -0.25) is 0 Å². The highest BCUT2D eigenvalue weighted by Gasteiger charge is 2.21. The Morgan fingerprint density at radius 3 is 3.07 bits per heavy atom. The summed E-state index contributed by atoms with van der Waals surface area (Å²) in [4.78, 5) is 0. The van der Waals surface area contributed by atoms with E-state index in [4.69, 9.17) is 15.2 Å². The highest BCUT2D eigenvalue weighted by molar-refractivity contribution is 5.49. The number of fused-ring (bicyclic) bond motifs is 1. The molecule has 0 aliphatic carbocycles. The van der Waals surface area contributed by atoms with E-state index in [1.807, 2.05) is 18.2 Å². The van der Waals surface area contributed by atoms with E-state index in [9.17, 15) is 5.11 Å². The number of para-hydroxylation sites is 1. The largest absolute Gasteiger partial charge is 0.454 e. The molecule has 2 rings (SSSR count). The van der Waals surface area contributed by atoms with E-state index in [1.165, 1.54) is 0 Å². The third kappa shape index (κ3) is 1.54. The van der Waals surface area contributed by atoms with Crippen LogP contribution in [0.1, 0.15) is 18.1 Å². The SMILES string of the molecule is NCCC(O)c1cccc2c1OCO2. The second-order valence-corrected chi connectivity index (χ2v) is 3.17. The molecular weight excluding hydrogens is 182 g/mol. The Hall–Kier alpha value is -1.26. The van der Waals surface area contributed by atoms with E-state index in [1.54, 1.807) is 0 Å². The predicted octanol–water partition coefficient (Wildman–Crippen LogP) is 0.798. The molecule has 1 aromatic rings. The van der Waals surface area contributed by atoms with Crippen molar-refractivity contribution >= 4 is 0 Å². The summed E-state index contributed by atoms with van der Waals surface area (Å²) in [6.45, 7) is 0.674. The average Bonchev–Trinajstić information content (AvgIpc) is 2.65. The Balaban J connectivity index is 2.29. The number of hydrogen-bond acceptors (Lipinski definition) is 4. The second-order valence-electron chi connectivity index (χ2n) is 3.17. The lowest BCUT2D eigenvalue weighted by atomic mass is 10.1. The molecule has 1 unspecified atom stereocenters. The molecule has 0 aromatic heterocycles. The molecule has 0 saturated heterocycles. The number of aliphatic hydroxyl groups is 1. The molecule has 4 nitrogen and oxygen atoms in total. The van der Waals surface area contributed by atoms with Gasteiger partial charge in [0.2, 0.25) is 6.79 Å². The molecule has 3 N–H and O–H groups in total. The summed E-state index contributed by atoms with van der Waals surface area (Å²) in [5.41, 5.74) is 6.13. The van der Waals surface area contributed by atoms with Crippen molar-refractivity contribution in [1.82, 2.24) is 0 Å². The standard InChI is InChI=1S/C10H13NO3/c11-5-4-8(12)7-2-1-3-9-10(7)14-6-13-9/h1-3,8,12H,4-6,11H2. The van der Waals surface area contributed by atoms with E-state index in [-0.39, 0.29) is 6.79 Å². The zero-order chi connectivity index (χ0) is 9.97. The predicted molar refractivity (Wildman–Crippen MR) is 51.2 cm³/mol. The summed E-state index contributed by atoms with van der Waals surface area (Å²) in [6.07, 6.45) is -0.0450. The maximum absolute atomic E-state index is 9.77. The zero-order valence-electron chi connectivity index (χ0n) is 7.77. The molecule has 1 aliphatic rings. The average molecular weight is 195 g/mol.